The predicted octanol–water partition coefficient (Wildman–Crippen LogP) is 5.37. The van der Waals surface area contributed by atoms with Gasteiger partial charge in [-0.05, 0) is 33.6 Å². The van der Waals surface area contributed by atoms with E-state index in [1.165, 1.54) is 16.7 Å². The van der Waals surface area contributed by atoms with Crippen LogP contribution >= 0.6 is 0 Å². The Morgan fingerprint density at radius 2 is 1.88 bits per heavy atom. The Hall–Kier alpha value is -1.30. The van der Waals surface area contributed by atoms with Gasteiger partial charge in [-0.1, -0.05) is 66.7 Å². The fourth-order valence-corrected chi connectivity index (χ4v) is 1.35. The van der Waals surface area contributed by atoms with E-state index in [0.717, 1.165) is 12.8 Å². The van der Waals surface area contributed by atoms with Crippen molar-refractivity contribution in [3.8, 4) is 0 Å². The van der Waals surface area contributed by atoms with Gasteiger partial charge < -0.3 is 0 Å². The van der Waals surface area contributed by atoms with Crippen molar-refractivity contribution in [2.75, 3.05) is 0 Å². The molecule has 0 aliphatic carbocycles. The minimum absolute atomic E-state index is 1.03. The van der Waals surface area contributed by atoms with Gasteiger partial charge in [-0.25, -0.2) is 0 Å². The molecular weight excluding hydrogens is 192 g/mol. The Bertz CT molecular complexity index is 322. The van der Waals surface area contributed by atoms with Gasteiger partial charge in [0.25, 0.3) is 0 Å². The summed E-state index contributed by atoms with van der Waals surface area (Å²) < 4.78 is 0. The molecule has 0 saturated carbocycles. The van der Waals surface area contributed by atoms with Crippen LogP contribution in [-0.4, -0.2) is 0 Å². The molecule has 0 fully saturated rings. The Morgan fingerprint density at radius 1 is 1.19 bits per heavy atom. The van der Waals surface area contributed by atoms with Crippen molar-refractivity contribution in [3.63, 3.8) is 0 Å². The average molecular weight is 216 g/mol. The van der Waals surface area contributed by atoms with E-state index in [4.69, 9.17) is 0 Å². The van der Waals surface area contributed by atoms with Gasteiger partial charge in [-0.15, -0.1) is 0 Å². The number of hydrogen-bond acceptors (Lipinski definition) is 0. The van der Waals surface area contributed by atoms with Crippen LogP contribution in [0, 0.1) is 0 Å². The standard InChI is InChI=1S/C16H24/c1-6-10-15(5)11-9-12-16(8-3)13-14(4)7-2/h6-7,9-11,13H,1,8,12H2,2-5H3/b11-9-,14-7-,15-10-,16-13+. The smallest absolute Gasteiger partial charge is 0.0132 e. The van der Waals surface area contributed by atoms with Gasteiger partial charge in [0, 0.05) is 0 Å². The lowest BCUT2D eigenvalue weighted by Gasteiger charge is -2.01. The Labute approximate surface area is 101 Å². The maximum absolute atomic E-state index is 3.68. The maximum Gasteiger partial charge on any atom is -0.0132 e. The van der Waals surface area contributed by atoms with Gasteiger partial charge in [0.05, 0.1) is 0 Å². The summed E-state index contributed by atoms with van der Waals surface area (Å²) in [6.45, 7) is 12.2. The van der Waals surface area contributed by atoms with Gasteiger partial charge in [0.15, 0.2) is 0 Å². The molecule has 0 nitrogen and oxygen atoms in total. The van der Waals surface area contributed by atoms with E-state index in [0.29, 0.717) is 0 Å². The first-order chi connectivity index (χ1) is 7.63. The number of allylic oxidation sites excluding steroid dienone is 9. The van der Waals surface area contributed by atoms with E-state index in [9.17, 15) is 0 Å². The summed E-state index contributed by atoms with van der Waals surface area (Å²) in [4.78, 5) is 0. The molecule has 0 rings (SSSR count). The van der Waals surface area contributed by atoms with E-state index < -0.39 is 0 Å². The molecule has 0 aromatic carbocycles. The van der Waals surface area contributed by atoms with Crippen LogP contribution in [0.15, 0.2) is 59.8 Å². The van der Waals surface area contributed by atoms with Crippen molar-refractivity contribution < 1.29 is 0 Å². The Balaban J connectivity index is 4.42. The van der Waals surface area contributed by atoms with Crippen molar-refractivity contribution in [2.45, 2.75) is 40.5 Å². The molecule has 0 heteroatoms. The third-order valence-corrected chi connectivity index (χ3v) is 2.48. The first-order valence-corrected chi connectivity index (χ1v) is 5.92. The Morgan fingerprint density at radius 3 is 2.38 bits per heavy atom. The lowest BCUT2D eigenvalue weighted by molar-refractivity contribution is 1.02. The van der Waals surface area contributed by atoms with Crippen molar-refractivity contribution in [3.05, 3.63) is 59.8 Å². The molecule has 0 atom stereocenters. The van der Waals surface area contributed by atoms with Crippen LogP contribution in [0.3, 0.4) is 0 Å². The lowest BCUT2D eigenvalue weighted by atomic mass is 10.1. The second-order valence-corrected chi connectivity index (χ2v) is 3.94. The highest BCUT2D eigenvalue weighted by atomic mass is 14.0. The van der Waals surface area contributed by atoms with Crippen molar-refractivity contribution in [1.82, 2.24) is 0 Å². The minimum Gasteiger partial charge on any atom is -0.0991 e. The normalized spacial score (nSPS) is 14.6. The molecule has 0 aliphatic rings. The molecule has 0 radical (unpaired) electrons. The molecule has 0 aliphatic heterocycles. The fourth-order valence-electron chi connectivity index (χ4n) is 1.35. The average Bonchev–Trinajstić information content (AvgIpc) is 2.27. The molecule has 16 heavy (non-hydrogen) atoms. The minimum atomic E-state index is 1.03. The summed E-state index contributed by atoms with van der Waals surface area (Å²) in [6.07, 6.45) is 14.8. The number of hydrogen-bond donors (Lipinski definition) is 0. The van der Waals surface area contributed by atoms with E-state index in [1.54, 1.807) is 0 Å². The molecule has 0 aromatic heterocycles. The van der Waals surface area contributed by atoms with E-state index in [1.807, 2.05) is 12.2 Å². The molecule has 0 aromatic rings. The highest BCUT2D eigenvalue weighted by Crippen LogP contribution is 2.12. The van der Waals surface area contributed by atoms with Crippen LogP contribution in [0.1, 0.15) is 40.5 Å². The van der Waals surface area contributed by atoms with Crippen LogP contribution in [0.5, 0.6) is 0 Å². The maximum atomic E-state index is 3.68. The van der Waals surface area contributed by atoms with Crippen LogP contribution in [0.25, 0.3) is 0 Å². The van der Waals surface area contributed by atoms with Gasteiger partial charge >= 0.3 is 0 Å². The van der Waals surface area contributed by atoms with Gasteiger partial charge in [-0.2, -0.15) is 0 Å². The van der Waals surface area contributed by atoms with Gasteiger partial charge in [0.1, 0.15) is 0 Å². The number of rotatable bonds is 6. The van der Waals surface area contributed by atoms with Crippen molar-refractivity contribution in [1.29, 1.82) is 0 Å². The summed E-state index contributed by atoms with van der Waals surface area (Å²) in [6, 6.07) is 0. The molecule has 0 heterocycles. The van der Waals surface area contributed by atoms with Crippen LogP contribution in [-0.2, 0) is 0 Å². The third-order valence-electron chi connectivity index (χ3n) is 2.48. The molecule has 88 valence electrons. The Kier molecular flexibility index (Phi) is 8.24. The molecule has 0 N–H and O–H groups in total. The van der Waals surface area contributed by atoms with E-state index in [2.05, 4.69) is 58.6 Å². The molecule has 0 bridgehead atoms. The van der Waals surface area contributed by atoms with Gasteiger partial charge in [-0.3, -0.25) is 0 Å². The topological polar surface area (TPSA) is 0 Å². The van der Waals surface area contributed by atoms with Crippen LogP contribution < -0.4 is 0 Å². The summed E-state index contributed by atoms with van der Waals surface area (Å²) in [5.74, 6) is 0. The first kappa shape index (κ1) is 14.7. The monoisotopic (exact) mass is 216 g/mol. The summed E-state index contributed by atoms with van der Waals surface area (Å²) >= 11 is 0. The quantitative estimate of drug-likeness (QED) is 0.524. The summed E-state index contributed by atoms with van der Waals surface area (Å²) in [7, 11) is 0. The third kappa shape index (κ3) is 7.05. The highest BCUT2D eigenvalue weighted by Gasteiger charge is 1.91. The molecule has 0 amide bonds. The highest BCUT2D eigenvalue weighted by molar-refractivity contribution is 5.25. The zero-order valence-corrected chi connectivity index (χ0v) is 11.1. The zero-order valence-electron chi connectivity index (χ0n) is 11.1. The van der Waals surface area contributed by atoms with Crippen molar-refractivity contribution >= 4 is 0 Å². The second kappa shape index (κ2) is 8.96. The van der Waals surface area contributed by atoms with Crippen LogP contribution in [0.4, 0.5) is 0 Å². The second-order valence-electron chi connectivity index (χ2n) is 3.94. The molecule has 0 spiro atoms. The van der Waals surface area contributed by atoms with Crippen molar-refractivity contribution in [2.24, 2.45) is 0 Å². The zero-order chi connectivity index (χ0) is 12.4. The summed E-state index contributed by atoms with van der Waals surface area (Å²) in [5, 5.41) is 0. The molecule has 0 saturated heterocycles. The summed E-state index contributed by atoms with van der Waals surface area (Å²) in [5.41, 5.74) is 4.05. The molecular formula is C16H24. The van der Waals surface area contributed by atoms with Gasteiger partial charge in [0.2, 0.25) is 0 Å². The SMILES string of the molecule is C=C/C=C(C)\C=C/C/C(=C/C(C)=C\C)CC. The van der Waals surface area contributed by atoms with E-state index >= 15 is 0 Å². The predicted molar refractivity (Wildman–Crippen MR) is 75.5 cm³/mol. The first-order valence-electron chi connectivity index (χ1n) is 5.92. The fraction of sp³-hybridized carbons (Fsp3) is 0.375. The molecule has 0 unspecified atom stereocenters. The van der Waals surface area contributed by atoms with E-state index in [-0.39, 0.29) is 0 Å². The van der Waals surface area contributed by atoms with Crippen LogP contribution in [0.2, 0.25) is 0 Å². The largest absolute Gasteiger partial charge is 0.0991 e. The lowest BCUT2D eigenvalue weighted by Crippen LogP contribution is -1.80.